The van der Waals surface area contributed by atoms with E-state index >= 15 is 0 Å². The van der Waals surface area contributed by atoms with Gasteiger partial charge in [-0.2, -0.15) is 23.4 Å². The number of nitrogens with zero attached hydrogens (tertiary/aromatic N) is 5. The van der Waals surface area contributed by atoms with Crippen LogP contribution in [-0.2, 0) is 12.6 Å². The van der Waals surface area contributed by atoms with Crippen molar-refractivity contribution in [2.24, 2.45) is 0 Å². The molecule has 4 aromatic rings. The van der Waals surface area contributed by atoms with E-state index in [-0.39, 0.29) is 18.1 Å². The molecule has 0 spiro atoms. The fourth-order valence-electron chi connectivity index (χ4n) is 4.72. The number of amides is 2. The molecule has 1 aromatic carbocycles. The van der Waals surface area contributed by atoms with Crippen molar-refractivity contribution in [3.05, 3.63) is 89.1 Å². The van der Waals surface area contributed by atoms with E-state index in [1.165, 1.54) is 23.2 Å². The Balaban J connectivity index is 1.39. The van der Waals surface area contributed by atoms with Crippen LogP contribution in [-0.4, -0.2) is 48.2 Å². The molecule has 3 aromatic heterocycles. The van der Waals surface area contributed by atoms with Gasteiger partial charge in [0.1, 0.15) is 0 Å². The number of carbonyl (C=O) groups excluding carboxylic acids is 2. The van der Waals surface area contributed by atoms with Crippen LogP contribution in [0.4, 0.5) is 19.0 Å². The minimum atomic E-state index is -4.81. The molecule has 1 fully saturated rings. The van der Waals surface area contributed by atoms with Gasteiger partial charge in [-0.15, -0.1) is 0 Å². The molecule has 12 heteroatoms. The first-order valence-electron chi connectivity index (χ1n) is 12.6. The van der Waals surface area contributed by atoms with Crippen molar-refractivity contribution >= 4 is 17.6 Å². The predicted molar refractivity (Wildman–Crippen MR) is 136 cm³/mol. The molecular weight excluding hydrogens is 511 g/mol. The van der Waals surface area contributed by atoms with Crippen LogP contribution in [0.15, 0.2) is 60.9 Å². The quantitative estimate of drug-likeness (QED) is 0.352. The third-order valence-corrected chi connectivity index (χ3v) is 6.68. The molecular formula is C27H26F3N7O2. The molecule has 202 valence electrons. The number of halogens is 3. The fraction of sp³-hybridized carbons (Fsp3) is 0.296. The second-order valence-corrected chi connectivity index (χ2v) is 9.22. The Morgan fingerprint density at radius 1 is 1.10 bits per heavy atom. The maximum Gasteiger partial charge on any atom is 0.434 e. The number of rotatable bonds is 6. The highest BCUT2D eigenvalue weighted by Crippen LogP contribution is 2.37. The van der Waals surface area contributed by atoms with Gasteiger partial charge in [-0.25, -0.2) is 4.68 Å². The highest BCUT2D eigenvalue weighted by molar-refractivity contribution is 6.03. The number of piperidine rings is 1. The van der Waals surface area contributed by atoms with Gasteiger partial charge in [0.25, 0.3) is 11.8 Å². The summed E-state index contributed by atoms with van der Waals surface area (Å²) in [6.45, 7) is 2.24. The number of pyridine rings is 1. The molecule has 1 atom stereocenters. The van der Waals surface area contributed by atoms with E-state index in [2.05, 4.69) is 25.6 Å². The number of carbonyl (C=O) groups is 2. The average Bonchev–Trinajstić information content (AvgIpc) is 3.61. The highest BCUT2D eigenvalue weighted by atomic mass is 19.4. The third kappa shape index (κ3) is 5.40. The number of anilines is 1. The number of nitrogens with one attached hydrogen (secondary N) is 2. The van der Waals surface area contributed by atoms with Crippen LogP contribution in [0.25, 0.3) is 5.69 Å². The second kappa shape index (κ2) is 10.7. The van der Waals surface area contributed by atoms with Crippen LogP contribution in [0.5, 0.6) is 0 Å². The maximum atomic E-state index is 14.2. The molecule has 1 aliphatic heterocycles. The van der Waals surface area contributed by atoms with Crippen molar-refractivity contribution in [3.63, 3.8) is 0 Å². The number of aromatic nitrogens is 5. The molecule has 0 aliphatic carbocycles. The monoisotopic (exact) mass is 537 g/mol. The first kappa shape index (κ1) is 26.1. The molecule has 39 heavy (non-hydrogen) atoms. The normalized spacial score (nSPS) is 15.8. The summed E-state index contributed by atoms with van der Waals surface area (Å²) in [5.74, 6) is -0.931. The molecule has 9 nitrogen and oxygen atoms in total. The summed E-state index contributed by atoms with van der Waals surface area (Å²) in [5.41, 5.74) is 0.298. The van der Waals surface area contributed by atoms with Gasteiger partial charge in [-0.05, 0) is 49.9 Å². The first-order chi connectivity index (χ1) is 18.8. The number of hydrogen-bond donors (Lipinski definition) is 2. The SMILES string of the molecule is CCc1ccc(C(=O)Nc2cc(C3CCCCN3C(=O)c3cnn(-c4ccccc4)c3C(F)(F)F)[nH]n2)cn1. The van der Waals surface area contributed by atoms with Crippen molar-refractivity contribution in [1.29, 1.82) is 0 Å². The molecule has 1 aliphatic rings. The van der Waals surface area contributed by atoms with Gasteiger partial charge in [-0.1, -0.05) is 25.1 Å². The Morgan fingerprint density at radius 2 is 1.90 bits per heavy atom. The Kier molecular flexibility index (Phi) is 7.18. The summed E-state index contributed by atoms with van der Waals surface area (Å²) in [6.07, 6.45) is 0.348. The van der Waals surface area contributed by atoms with Gasteiger partial charge >= 0.3 is 6.18 Å². The van der Waals surface area contributed by atoms with Gasteiger partial charge in [0.2, 0.25) is 0 Å². The van der Waals surface area contributed by atoms with Crippen molar-refractivity contribution < 1.29 is 22.8 Å². The summed E-state index contributed by atoms with van der Waals surface area (Å²) < 4.78 is 43.3. The van der Waals surface area contributed by atoms with Crippen LogP contribution in [0, 0.1) is 0 Å². The largest absolute Gasteiger partial charge is 0.434 e. The zero-order chi connectivity index (χ0) is 27.6. The molecule has 1 saturated heterocycles. The minimum Gasteiger partial charge on any atom is -0.330 e. The standard InChI is InChI=1S/C27H26F3N7O2/c1-2-18-12-11-17(15-31-18)25(38)33-23-14-21(34-35-23)22-10-6-7-13-36(22)26(39)20-16-32-37(24(20)27(28,29)30)19-8-4-3-5-9-19/h3-5,8-9,11-12,14-16,22H,2,6-7,10,13H2,1H3,(H2,33,34,35,38). The Bertz CT molecular complexity index is 1460. The minimum absolute atomic E-state index is 0.201. The molecule has 0 radical (unpaired) electrons. The van der Waals surface area contributed by atoms with E-state index in [0.717, 1.165) is 29.4 Å². The van der Waals surface area contributed by atoms with Crippen LogP contribution in [0.1, 0.15) is 70.0 Å². The number of para-hydroxylation sites is 1. The van der Waals surface area contributed by atoms with Crippen molar-refractivity contribution in [3.8, 4) is 5.69 Å². The molecule has 5 rings (SSSR count). The second-order valence-electron chi connectivity index (χ2n) is 9.22. The number of aryl methyl sites for hydroxylation is 1. The zero-order valence-corrected chi connectivity index (χ0v) is 21.1. The molecule has 0 saturated carbocycles. The molecule has 2 amide bonds. The van der Waals surface area contributed by atoms with Crippen LogP contribution in [0.2, 0.25) is 0 Å². The summed E-state index contributed by atoms with van der Waals surface area (Å²) in [5, 5.41) is 13.6. The van der Waals surface area contributed by atoms with Crippen molar-refractivity contribution in [1.82, 2.24) is 29.9 Å². The fourth-order valence-corrected chi connectivity index (χ4v) is 4.72. The first-order valence-corrected chi connectivity index (χ1v) is 12.6. The van der Waals surface area contributed by atoms with Crippen molar-refractivity contribution in [2.75, 3.05) is 11.9 Å². The number of hydrogen-bond acceptors (Lipinski definition) is 5. The van der Waals surface area contributed by atoms with E-state index in [1.807, 2.05) is 6.92 Å². The molecule has 4 heterocycles. The summed E-state index contributed by atoms with van der Waals surface area (Å²) in [7, 11) is 0. The molecule has 2 N–H and O–H groups in total. The third-order valence-electron chi connectivity index (χ3n) is 6.68. The van der Waals surface area contributed by atoms with E-state index in [0.29, 0.717) is 24.1 Å². The lowest BCUT2D eigenvalue weighted by molar-refractivity contribution is -0.143. The van der Waals surface area contributed by atoms with E-state index in [1.54, 1.807) is 36.4 Å². The summed E-state index contributed by atoms with van der Waals surface area (Å²) in [6, 6.07) is 12.4. The van der Waals surface area contributed by atoms with Gasteiger partial charge < -0.3 is 10.2 Å². The average molecular weight is 538 g/mol. The van der Waals surface area contributed by atoms with E-state index in [9.17, 15) is 22.8 Å². The maximum absolute atomic E-state index is 14.2. The number of aromatic amines is 1. The molecule has 0 bridgehead atoms. The van der Waals surface area contributed by atoms with Gasteiger partial charge in [0.15, 0.2) is 11.5 Å². The lowest BCUT2D eigenvalue weighted by Crippen LogP contribution is -2.39. The van der Waals surface area contributed by atoms with E-state index in [4.69, 9.17) is 0 Å². The van der Waals surface area contributed by atoms with E-state index < -0.39 is 35.3 Å². The van der Waals surface area contributed by atoms with Gasteiger partial charge in [0.05, 0.1) is 34.7 Å². The predicted octanol–water partition coefficient (Wildman–Crippen LogP) is 5.19. The van der Waals surface area contributed by atoms with Crippen molar-refractivity contribution in [2.45, 2.75) is 44.8 Å². The Morgan fingerprint density at radius 3 is 2.59 bits per heavy atom. The lowest BCUT2D eigenvalue weighted by Gasteiger charge is -2.35. The smallest absolute Gasteiger partial charge is 0.330 e. The lowest BCUT2D eigenvalue weighted by atomic mass is 9.98. The number of H-pyrrole nitrogens is 1. The van der Waals surface area contributed by atoms with Gasteiger partial charge in [-0.3, -0.25) is 19.7 Å². The number of benzene rings is 1. The van der Waals surface area contributed by atoms with Crippen LogP contribution >= 0.6 is 0 Å². The summed E-state index contributed by atoms with van der Waals surface area (Å²) >= 11 is 0. The number of alkyl halides is 3. The highest BCUT2D eigenvalue weighted by Gasteiger charge is 2.42. The Labute approximate surface area is 222 Å². The van der Waals surface area contributed by atoms with Gasteiger partial charge in [0, 0.05) is 24.5 Å². The Hall–Kier alpha value is -4.48. The number of likely N-dealkylation sites (tertiary alicyclic amines) is 1. The van der Waals surface area contributed by atoms with Crippen LogP contribution < -0.4 is 5.32 Å². The summed E-state index contributed by atoms with van der Waals surface area (Å²) in [4.78, 5) is 31.8. The topological polar surface area (TPSA) is 109 Å². The zero-order valence-electron chi connectivity index (χ0n) is 21.1. The molecule has 1 unspecified atom stereocenters. The van der Waals surface area contributed by atoms with Crippen LogP contribution in [0.3, 0.4) is 0 Å².